The fourth-order valence-electron chi connectivity index (χ4n) is 2.82. The van der Waals surface area contributed by atoms with Gasteiger partial charge in [0.1, 0.15) is 5.60 Å². The van der Waals surface area contributed by atoms with Crippen LogP contribution in [0.2, 0.25) is 0 Å². The summed E-state index contributed by atoms with van der Waals surface area (Å²) in [6.07, 6.45) is 2.65. The highest BCUT2D eigenvalue weighted by atomic mass is 19.2. The number of hydrogen-bond donors (Lipinski definition) is 1. The second kappa shape index (κ2) is 4.33. The number of halogens is 2. The molecule has 0 saturated heterocycles. The van der Waals surface area contributed by atoms with Gasteiger partial charge in [0.25, 0.3) is 0 Å². The normalized spacial score (nSPS) is 21.3. The van der Waals surface area contributed by atoms with Crippen molar-refractivity contribution in [3.63, 3.8) is 0 Å². The maximum atomic E-state index is 13.8. The van der Waals surface area contributed by atoms with E-state index in [1.54, 1.807) is 0 Å². The molecule has 1 unspecified atom stereocenters. The van der Waals surface area contributed by atoms with Crippen LogP contribution >= 0.6 is 0 Å². The topological polar surface area (TPSA) is 44.0 Å². The van der Waals surface area contributed by atoms with Gasteiger partial charge in [0, 0.05) is 5.56 Å². The van der Waals surface area contributed by atoms with E-state index in [1.165, 1.54) is 19.1 Å². The monoisotopic (exact) mass is 251 g/mol. The largest absolute Gasteiger partial charge is 0.384 e. The molecule has 0 aliphatic heterocycles. The molecule has 1 fully saturated rings. The first-order valence-corrected chi connectivity index (χ1v) is 6.03. The van der Waals surface area contributed by atoms with Crippen LogP contribution < -0.4 is 0 Å². The summed E-state index contributed by atoms with van der Waals surface area (Å²) < 4.78 is 27.1. The molecule has 96 valence electrons. The number of rotatable bonds is 2. The molecule has 2 nitrogen and oxygen atoms in total. The van der Waals surface area contributed by atoms with Gasteiger partial charge < -0.3 is 5.11 Å². The summed E-state index contributed by atoms with van der Waals surface area (Å²) in [5.74, 6) is -2.07. The van der Waals surface area contributed by atoms with E-state index in [2.05, 4.69) is 6.07 Å². The Morgan fingerprint density at radius 2 is 1.94 bits per heavy atom. The standard InChI is InChI=1S/C14H15F2NO/c1-13(18,14(9-17)7-2-3-8-14)10-5-4-6-11(15)12(10)16/h4-6,18H,2-3,7-8H2,1H3. The van der Waals surface area contributed by atoms with E-state index >= 15 is 0 Å². The lowest BCUT2D eigenvalue weighted by Gasteiger charge is -2.37. The first-order valence-electron chi connectivity index (χ1n) is 6.03. The molecule has 4 heteroatoms. The van der Waals surface area contributed by atoms with Gasteiger partial charge in [-0.3, -0.25) is 0 Å². The Balaban J connectivity index is 2.54. The minimum Gasteiger partial charge on any atom is -0.384 e. The minimum atomic E-state index is -1.68. The molecule has 1 N–H and O–H groups in total. The van der Waals surface area contributed by atoms with Crippen molar-refractivity contribution in [1.82, 2.24) is 0 Å². The number of nitriles is 1. The highest BCUT2D eigenvalue weighted by Crippen LogP contribution is 2.51. The molecule has 0 radical (unpaired) electrons. The van der Waals surface area contributed by atoms with E-state index in [0.29, 0.717) is 12.8 Å². The molecule has 2 rings (SSSR count). The lowest BCUT2D eigenvalue weighted by atomic mass is 9.69. The van der Waals surface area contributed by atoms with Crippen LogP contribution in [0.5, 0.6) is 0 Å². The smallest absolute Gasteiger partial charge is 0.164 e. The molecule has 1 atom stereocenters. The van der Waals surface area contributed by atoms with Gasteiger partial charge >= 0.3 is 0 Å². The van der Waals surface area contributed by atoms with E-state index < -0.39 is 22.7 Å². The molecule has 0 aromatic heterocycles. The molecule has 1 aromatic rings. The molecular formula is C14H15F2NO. The van der Waals surface area contributed by atoms with Gasteiger partial charge in [0.15, 0.2) is 11.6 Å². The third-order valence-corrected chi connectivity index (χ3v) is 4.08. The van der Waals surface area contributed by atoms with Gasteiger partial charge in [-0.2, -0.15) is 5.26 Å². The molecule has 1 aliphatic rings. The van der Waals surface area contributed by atoms with Crippen molar-refractivity contribution >= 4 is 0 Å². The molecule has 0 amide bonds. The third-order valence-electron chi connectivity index (χ3n) is 4.08. The Kier molecular flexibility index (Phi) is 3.12. The predicted octanol–water partition coefficient (Wildman–Crippen LogP) is 3.26. The van der Waals surface area contributed by atoms with Gasteiger partial charge in [-0.05, 0) is 25.8 Å². The zero-order valence-electron chi connectivity index (χ0n) is 10.2. The predicted molar refractivity (Wildman–Crippen MR) is 62.4 cm³/mol. The SMILES string of the molecule is CC(O)(c1cccc(F)c1F)C1(C#N)CCCC1. The lowest BCUT2D eigenvalue weighted by molar-refractivity contribution is -0.0453. The summed E-state index contributed by atoms with van der Waals surface area (Å²) in [7, 11) is 0. The fraction of sp³-hybridized carbons (Fsp3) is 0.500. The van der Waals surface area contributed by atoms with Gasteiger partial charge in [-0.25, -0.2) is 8.78 Å². The summed E-state index contributed by atoms with van der Waals surface area (Å²) >= 11 is 0. The first-order chi connectivity index (χ1) is 8.44. The zero-order valence-corrected chi connectivity index (χ0v) is 10.2. The highest BCUT2D eigenvalue weighted by Gasteiger charge is 2.51. The molecular weight excluding hydrogens is 236 g/mol. The number of benzene rings is 1. The van der Waals surface area contributed by atoms with Crippen molar-refractivity contribution in [2.45, 2.75) is 38.2 Å². The fourth-order valence-corrected chi connectivity index (χ4v) is 2.82. The number of aliphatic hydroxyl groups is 1. The van der Waals surface area contributed by atoms with Crippen LogP contribution in [0.3, 0.4) is 0 Å². The lowest BCUT2D eigenvalue weighted by Crippen LogP contribution is -2.41. The Labute approximate surface area is 105 Å². The van der Waals surface area contributed by atoms with Crippen LogP contribution in [0.1, 0.15) is 38.2 Å². The maximum absolute atomic E-state index is 13.8. The molecule has 0 heterocycles. The minimum absolute atomic E-state index is 0.133. The average Bonchev–Trinajstić information content (AvgIpc) is 2.82. The van der Waals surface area contributed by atoms with Gasteiger partial charge in [-0.15, -0.1) is 0 Å². The summed E-state index contributed by atoms with van der Waals surface area (Å²) in [4.78, 5) is 0. The summed E-state index contributed by atoms with van der Waals surface area (Å²) in [5, 5.41) is 20.0. The Morgan fingerprint density at radius 3 is 2.50 bits per heavy atom. The van der Waals surface area contributed by atoms with Crippen LogP contribution in [0.25, 0.3) is 0 Å². The van der Waals surface area contributed by atoms with Crippen molar-refractivity contribution in [1.29, 1.82) is 5.26 Å². The van der Waals surface area contributed by atoms with Crippen molar-refractivity contribution in [3.8, 4) is 6.07 Å². The molecule has 18 heavy (non-hydrogen) atoms. The average molecular weight is 251 g/mol. The van der Waals surface area contributed by atoms with E-state index in [9.17, 15) is 19.1 Å². The molecule has 0 spiro atoms. The second-order valence-electron chi connectivity index (χ2n) is 5.07. The van der Waals surface area contributed by atoms with Crippen molar-refractivity contribution in [2.75, 3.05) is 0 Å². The second-order valence-corrected chi connectivity index (χ2v) is 5.07. The van der Waals surface area contributed by atoms with E-state index in [1.807, 2.05) is 0 Å². The maximum Gasteiger partial charge on any atom is 0.164 e. The number of hydrogen-bond acceptors (Lipinski definition) is 2. The van der Waals surface area contributed by atoms with Crippen molar-refractivity contribution in [2.24, 2.45) is 5.41 Å². The van der Waals surface area contributed by atoms with Crippen LogP contribution in [0.15, 0.2) is 18.2 Å². The van der Waals surface area contributed by atoms with Gasteiger partial charge in [-0.1, -0.05) is 25.0 Å². The molecule has 1 aliphatic carbocycles. The molecule has 1 saturated carbocycles. The van der Waals surface area contributed by atoms with E-state index in [0.717, 1.165) is 18.9 Å². The van der Waals surface area contributed by atoms with Crippen molar-refractivity contribution in [3.05, 3.63) is 35.4 Å². The molecule has 1 aromatic carbocycles. The van der Waals surface area contributed by atoms with E-state index in [4.69, 9.17) is 0 Å². The first kappa shape index (κ1) is 13.0. The Bertz CT molecular complexity index is 499. The Morgan fingerprint density at radius 1 is 1.33 bits per heavy atom. The highest BCUT2D eigenvalue weighted by molar-refractivity contribution is 5.30. The van der Waals surface area contributed by atoms with Crippen molar-refractivity contribution < 1.29 is 13.9 Å². The third kappa shape index (κ3) is 1.70. The van der Waals surface area contributed by atoms with E-state index in [-0.39, 0.29) is 5.56 Å². The van der Waals surface area contributed by atoms with Crippen LogP contribution in [-0.4, -0.2) is 5.11 Å². The van der Waals surface area contributed by atoms with Gasteiger partial charge in [0.2, 0.25) is 0 Å². The summed E-state index contributed by atoms with van der Waals surface area (Å²) in [6.45, 7) is 1.40. The van der Waals surface area contributed by atoms with Crippen LogP contribution in [0.4, 0.5) is 8.78 Å². The quantitative estimate of drug-likeness (QED) is 0.876. The number of nitrogens with zero attached hydrogens (tertiary/aromatic N) is 1. The zero-order chi connectivity index (χ0) is 13.4. The molecule has 0 bridgehead atoms. The van der Waals surface area contributed by atoms with Gasteiger partial charge in [0.05, 0.1) is 11.5 Å². The Hall–Kier alpha value is -1.47. The van der Waals surface area contributed by atoms with Crippen LogP contribution in [-0.2, 0) is 5.60 Å². The van der Waals surface area contributed by atoms with Crippen LogP contribution in [0, 0.1) is 28.4 Å². The summed E-state index contributed by atoms with van der Waals surface area (Å²) in [6, 6.07) is 5.82. The summed E-state index contributed by atoms with van der Waals surface area (Å²) in [5.41, 5.74) is -2.84.